The first kappa shape index (κ1) is 21.4. The number of hydrogen-bond donors (Lipinski definition) is 0. The standard InChI is InChI=1S/C22H21ClN2O5/c1-14-11-17(7-8-19(14)23)30-10-9-29-16-6-4-5-15(12-16)13-18-20(26)24(2)22(28)25(3)21(18)27/h4-8,11-13H,9-10H2,1-3H3. The third-order valence-corrected chi connectivity index (χ3v) is 4.99. The lowest BCUT2D eigenvalue weighted by Gasteiger charge is -2.28. The van der Waals surface area contributed by atoms with E-state index in [1.807, 2.05) is 13.0 Å². The van der Waals surface area contributed by atoms with Crippen LogP contribution in [0.15, 0.2) is 48.0 Å². The van der Waals surface area contributed by atoms with Crippen LogP contribution in [0, 0.1) is 6.92 Å². The first-order valence-electron chi connectivity index (χ1n) is 9.21. The highest BCUT2D eigenvalue weighted by Gasteiger charge is 2.37. The molecule has 1 aliphatic heterocycles. The van der Waals surface area contributed by atoms with Crippen LogP contribution in [0.5, 0.6) is 11.5 Å². The Labute approximate surface area is 179 Å². The second-order valence-corrected chi connectivity index (χ2v) is 7.16. The number of carbonyl (C=O) groups is 3. The number of hydrogen-bond acceptors (Lipinski definition) is 5. The van der Waals surface area contributed by atoms with Gasteiger partial charge in [-0.05, 0) is 54.5 Å². The number of carbonyl (C=O) groups excluding carboxylic acids is 3. The maximum absolute atomic E-state index is 12.3. The molecule has 0 saturated carbocycles. The van der Waals surface area contributed by atoms with Crippen LogP contribution in [0.3, 0.4) is 0 Å². The minimum atomic E-state index is -0.657. The molecule has 156 valence electrons. The molecule has 0 radical (unpaired) electrons. The summed E-state index contributed by atoms with van der Waals surface area (Å²) in [5.74, 6) is -0.00742. The topological polar surface area (TPSA) is 76.2 Å². The van der Waals surface area contributed by atoms with E-state index in [1.54, 1.807) is 36.4 Å². The predicted molar refractivity (Wildman–Crippen MR) is 113 cm³/mol. The average molecular weight is 429 g/mol. The number of aryl methyl sites for hydroxylation is 1. The summed E-state index contributed by atoms with van der Waals surface area (Å²) in [6, 6.07) is 11.7. The smallest absolute Gasteiger partial charge is 0.333 e. The van der Waals surface area contributed by atoms with Gasteiger partial charge in [0.05, 0.1) is 0 Å². The van der Waals surface area contributed by atoms with Gasteiger partial charge in [0.25, 0.3) is 11.8 Å². The molecular formula is C22H21ClN2O5. The van der Waals surface area contributed by atoms with Gasteiger partial charge in [-0.3, -0.25) is 19.4 Å². The van der Waals surface area contributed by atoms with Crippen molar-refractivity contribution in [1.29, 1.82) is 0 Å². The van der Waals surface area contributed by atoms with Gasteiger partial charge in [0.2, 0.25) is 0 Å². The normalized spacial score (nSPS) is 14.3. The molecule has 1 aliphatic rings. The molecule has 4 amide bonds. The molecule has 2 aromatic carbocycles. The van der Waals surface area contributed by atoms with Gasteiger partial charge in [0, 0.05) is 19.1 Å². The summed E-state index contributed by atoms with van der Waals surface area (Å²) in [6.45, 7) is 2.54. The van der Waals surface area contributed by atoms with Crippen LogP contribution in [0.2, 0.25) is 5.02 Å². The molecule has 2 aromatic rings. The molecule has 0 atom stereocenters. The van der Waals surface area contributed by atoms with Gasteiger partial charge in [-0.1, -0.05) is 23.7 Å². The quantitative estimate of drug-likeness (QED) is 0.399. The molecule has 1 fully saturated rings. The van der Waals surface area contributed by atoms with Gasteiger partial charge in [0.1, 0.15) is 30.3 Å². The number of imide groups is 2. The summed E-state index contributed by atoms with van der Waals surface area (Å²) in [6.07, 6.45) is 1.45. The second-order valence-electron chi connectivity index (χ2n) is 6.75. The zero-order chi connectivity index (χ0) is 21.8. The molecule has 8 heteroatoms. The van der Waals surface area contributed by atoms with E-state index >= 15 is 0 Å². The summed E-state index contributed by atoms with van der Waals surface area (Å²) in [5.41, 5.74) is 1.45. The van der Waals surface area contributed by atoms with Crippen molar-refractivity contribution in [2.24, 2.45) is 0 Å². The van der Waals surface area contributed by atoms with Gasteiger partial charge in [-0.15, -0.1) is 0 Å². The number of benzene rings is 2. The van der Waals surface area contributed by atoms with Crippen molar-refractivity contribution in [1.82, 2.24) is 9.80 Å². The van der Waals surface area contributed by atoms with Gasteiger partial charge in [0.15, 0.2) is 0 Å². The number of barbiturate groups is 1. The molecule has 0 unspecified atom stereocenters. The van der Waals surface area contributed by atoms with E-state index in [9.17, 15) is 14.4 Å². The van der Waals surface area contributed by atoms with E-state index in [0.29, 0.717) is 35.3 Å². The Bertz CT molecular complexity index is 1010. The van der Waals surface area contributed by atoms with Crippen LogP contribution < -0.4 is 9.47 Å². The van der Waals surface area contributed by atoms with Gasteiger partial charge < -0.3 is 9.47 Å². The van der Waals surface area contributed by atoms with Gasteiger partial charge in [-0.25, -0.2) is 4.79 Å². The lowest BCUT2D eigenvalue weighted by atomic mass is 10.1. The largest absolute Gasteiger partial charge is 0.490 e. The molecule has 1 saturated heterocycles. The first-order valence-corrected chi connectivity index (χ1v) is 9.59. The Hall–Kier alpha value is -3.32. The van der Waals surface area contributed by atoms with Crippen molar-refractivity contribution in [2.45, 2.75) is 6.92 Å². The van der Waals surface area contributed by atoms with Crippen LogP contribution in [-0.2, 0) is 9.59 Å². The molecule has 0 aromatic heterocycles. The van der Waals surface area contributed by atoms with Crippen molar-refractivity contribution < 1.29 is 23.9 Å². The van der Waals surface area contributed by atoms with Crippen LogP contribution >= 0.6 is 11.6 Å². The molecule has 0 spiro atoms. The molecule has 3 rings (SSSR count). The van der Waals surface area contributed by atoms with Crippen LogP contribution in [0.4, 0.5) is 4.79 Å². The fourth-order valence-electron chi connectivity index (χ4n) is 2.86. The van der Waals surface area contributed by atoms with E-state index < -0.39 is 17.8 Å². The maximum Gasteiger partial charge on any atom is 0.333 e. The van der Waals surface area contributed by atoms with Gasteiger partial charge in [-0.2, -0.15) is 0 Å². The molecule has 0 aliphatic carbocycles. The monoisotopic (exact) mass is 428 g/mol. The molecule has 0 N–H and O–H groups in total. The third-order valence-electron chi connectivity index (χ3n) is 4.56. The van der Waals surface area contributed by atoms with Crippen molar-refractivity contribution in [3.05, 3.63) is 64.2 Å². The van der Waals surface area contributed by atoms with E-state index in [4.69, 9.17) is 21.1 Å². The van der Waals surface area contributed by atoms with Crippen molar-refractivity contribution in [3.8, 4) is 11.5 Å². The number of ether oxygens (including phenoxy) is 2. The number of amides is 4. The lowest BCUT2D eigenvalue weighted by molar-refractivity contribution is -0.134. The summed E-state index contributed by atoms with van der Waals surface area (Å²) in [4.78, 5) is 38.2. The van der Waals surface area contributed by atoms with Crippen LogP contribution in [-0.4, -0.2) is 55.0 Å². The van der Waals surface area contributed by atoms with Crippen LogP contribution in [0.1, 0.15) is 11.1 Å². The number of halogens is 1. The highest BCUT2D eigenvalue weighted by atomic mass is 35.5. The van der Waals surface area contributed by atoms with Gasteiger partial charge >= 0.3 is 6.03 Å². The Balaban J connectivity index is 1.63. The minimum Gasteiger partial charge on any atom is -0.490 e. The molecule has 30 heavy (non-hydrogen) atoms. The fourth-order valence-corrected chi connectivity index (χ4v) is 2.98. The number of nitrogens with zero attached hydrogens (tertiary/aromatic N) is 2. The highest BCUT2D eigenvalue weighted by molar-refractivity contribution is 6.31. The molecular weight excluding hydrogens is 408 g/mol. The van der Waals surface area contributed by atoms with Crippen molar-refractivity contribution in [2.75, 3.05) is 27.3 Å². The summed E-state index contributed by atoms with van der Waals surface area (Å²) < 4.78 is 11.3. The SMILES string of the molecule is Cc1cc(OCCOc2cccc(C=C3C(=O)N(C)C(=O)N(C)C3=O)c2)ccc1Cl. The third kappa shape index (κ3) is 4.63. The lowest BCUT2D eigenvalue weighted by Crippen LogP contribution is -2.52. The summed E-state index contributed by atoms with van der Waals surface area (Å²) in [5, 5.41) is 0.682. The van der Waals surface area contributed by atoms with E-state index in [-0.39, 0.29) is 5.57 Å². The van der Waals surface area contributed by atoms with E-state index in [0.717, 1.165) is 15.4 Å². The zero-order valence-electron chi connectivity index (χ0n) is 16.8. The van der Waals surface area contributed by atoms with Crippen molar-refractivity contribution >= 4 is 35.5 Å². The maximum atomic E-state index is 12.3. The Morgan fingerprint density at radius 1 is 0.900 bits per heavy atom. The van der Waals surface area contributed by atoms with E-state index in [1.165, 1.54) is 20.2 Å². The van der Waals surface area contributed by atoms with Crippen molar-refractivity contribution in [3.63, 3.8) is 0 Å². The van der Waals surface area contributed by atoms with E-state index in [2.05, 4.69) is 0 Å². The Morgan fingerprint density at radius 2 is 1.50 bits per heavy atom. The molecule has 1 heterocycles. The van der Waals surface area contributed by atoms with Crippen LogP contribution in [0.25, 0.3) is 6.08 Å². The molecule has 7 nitrogen and oxygen atoms in total. The minimum absolute atomic E-state index is 0.0850. The number of urea groups is 1. The number of likely N-dealkylation sites (N-methyl/N-ethyl adjacent to an activating group) is 2. The summed E-state index contributed by atoms with van der Waals surface area (Å²) in [7, 11) is 2.67. The first-order chi connectivity index (χ1) is 14.3. The number of rotatable bonds is 6. The second kappa shape index (κ2) is 9.00. The molecule has 0 bridgehead atoms. The summed E-state index contributed by atoms with van der Waals surface area (Å²) >= 11 is 6.00. The average Bonchev–Trinajstić information content (AvgIpc) is 2.74. The fraction of sp³-hybridized carbons (Fsp3) is 0.227. The highest BCUT2D eigenvalue weighted by Crippen LogP contribution is 2.22. The Kier molecular flexibility index (Phi) is 6.42. The Morgan fingerprint density at radius 3 is 2.10 bits per heavy atom. The predicted octanol–water partition coefficient (Wildman–Crippen LogP) is 3.54. The zero-order valence-corrected chi connectivity index (χ0v) is 17.6.